The molecule has 0 spiro atoms. The number of amides is 3. The number of ether oxygens (including phenoxy) is 2. The van der Waals surface area contributed by atoms with Crippen molar-refractivity contribution in [2.75, 3.05) is 20.3 Å². The number of ketones is 1. The first-order valence-electron chi connectivity index (χ1n) is 14.0. The molecule has 0 bridgehead atoms. The van der Waals surface area contributed by atoms with Gasteiger partial charge in [-0.2, -0.15) is 5.10 Å². The van der Waals surface area contributed by atoms with E-state index in [0.29, 0.717) is 24.6 Å². The molecule has 14 nitrogen and oxygen atoms in total. The lowest BCUT2D eigenvalue weighted by molar-refractivity contribution is -0.133. The molecule has 3 amide bonds. The first-order valence-corrected chi connectivity index (χ1v) is 14.0. The highest BCUT2D eigenvalue weighted by atomic mass is 16.6. The minimum atomic E-state index is -1.16. The normalized spacial score (nSPS) is 18.0. The Morgan fingerprint density at radius 3 is 2.37 bits per heavy atom. The van der Waals surface area contributed by atoms with E-state index in [2.05, 4.69) is 36.3 Å². The number of aromatic amines is 1. The van der Waals surface area contributed by atoms with Gasteiger partial charge in [0.15, 0.2) is 11.5 Å². The van der Waals surface area contributed by atoms with Gasteiger partial charge in [-0.05, 0) is 24.8 Å². The van der Waals surface area contributed by atoms with E-state index < -0.39 is 41.4 Å². The highest BCUT2D eigenvalue weighted by Gasteiger charge is 2.50. The molecule has 1 aliphatic rings. The van der Waals surface area contributed by atoms with Gasteiger partial charge in [0.25, 0.3) is 5.91 Å². The summed E-state index contributed by atoms with van der Waals surface area (Å²) in [5, 5.41) is 18.4. The fourth-order valence-corrected chi connectivity index (χ4v) is 4.49. The minimum Gasteiger partial charge on any atom is -0.382 e. The third-order valence-corrected chi connectivity index (χ3v) is 6.91. The van der Waals surface area contributed by atoms with Crippen LogP contribution < -0.4 is 16.0 Å². The summed E-state index contributed by atoms with van der Waals surface area (Å²) in [7, 11) is 1.38. The number of carbonyl (C=O) groups excluding carboxylic acids is 4. The van der Waals surface area contributed by atoms with Gasteiger partial charge in [0.2, 0.25) is 11.8 Å². The van der Waals surface area contributed by atoms with Crippen LogP contribution in [0, 0.1) is 5.92 Å². The van der Waals surface area contributed by atoms with E-state index >= 15 is 0 Å². The monoisotopic (exact) mass is 595 g/mol. The van der Waals surface area contributed by atoms with Crippen LogP contribution >= 0.6 is 0 Å². The van der Waals surface area contributed by atoms with E-state index in [0.717, 1.165) is 5.56 Å². The van der Waals surface area contributed by atoms with Crippen molar-refractivity contribution in [1.29, 1.82) is 0 Å². The van der Waals surface area contributed by atoms with E-state index in [1.54, 1.807) is 6.92 Å². The number of H-pyrrole nitrogens is 1. The summed E-state index contributed by atoms with van der Waals surface area (Å²) >= 11 is 0. The first-order chi connectivity index (χ1) is 20.6. The number of hydrogen-bond acceptors (Lipinski definition) is 10. The molecule has 0 aliphatic carbocycles. The van der Waals surface area contributed by atoms with E-state index in [9.17, 15) is 19.2 Å². The van der Waals surface area contributed by atoms with Crippen molar-refractivity contribution >= 4 is 23.5 Å². The van der Waals surface area contributed by atoms with Crippen molar-refractivity contribution < 1.29 is 33.2 Å². The predicted octanol–water partition coefficient (Wildman–Crippen LogP) is 0.745. The number of rotatable bonds is 16. The standard InChI is InChI=1S/C29H37N7O7/c1-17(2)10-20(25(37)29(3)15-42-29)32-26(38)21(11-18-8-6-5-7-9-18)33-28(40)23(14-41-4)34-27(39)22-12-19(43-36-22)13-24-30-16-31-35-24/h5-9,12,16-17,20-21,23H,10-11,13-15H2,1-4H3,(H,32,38)(H,33,40)(H,34,39)(H,30,31,35)/t20-,21-,23-,29+/m0/s1. The lowest BCUT2D eigenvalue weighted by atomic mass is 9.93. The highest BCUT2D eigenvalue weighted by molar-refractivity contribution is 5.99. The quantitative estimate of drug-likeness (QED) is 0.172. The number of epoxide rings is 1. The lowest BCUT2D eigenvalue weighted by Gasteiger charge is -2.26. The van der Waals surface area contributed by atoms with E-state index in [-0.39, 0.29) is 36.8 Å². The largest absolute Gasteiger partial charge is 0.382 e. The molecule has 0 saturated carbocycles. The zero-order chi connectivity index (χ0) is 31.0. The van der Waals surface area contributed by atoms with Gasteiger partial charge in [-0.3, -0.25) is 24.3 Å². The number of aromatic nitrogens is 4. The summed E-state index contributed by atoms with van der Waals surface area (Å²) in [6, 6.07) is 7.58. The zero-order valence-corrected chi connectivity index (χ0v) is 24.6. The molecule has 4 atom stereocenters. The fourth-order valence-electron chi connectivity index (χ4n) is 4.49. The van der Waals surface area contributed by atoms with Crippen molar-refractivity contribution in [1.82, 2.24) is 36.3 Å². The van der Waals surface area contributed by atoms with Crippen LogP contribution in [0.15, 0.2) is 47.2 Å². The molecular formula is C29H37N7O7. The number of carbonyl (C=O) groups is 4. The third kappa shape index (κ3) is 8.78. The molecule has 1 aromatic carbocycles. The zero-order valence-electron chi connectivity index (χ0n) is 24.6. The summed E-state index contributed by atoms with van der Waals surface area (Å²) in [5.74, 6) is -1.05. The smallest absolute Gasteiger partial charge is 0.274 e. The summed E-state index contributed by atoms with van der Waals surface area (Å²) in [4.78, 5) is 57.2. The Kier molecular flexibility index (Phi) is 10.4. The van der Waals surface area contributed by atoms with Crippen molar-refractivity contribution in [3.05, 3.63) is 65.6 Å². The van der Waals surface area contributed by atoms with Gasteiger partial charge in [-0.25, -0.2) is 4.98 Å². The maximum absolute atomic E-state index is 13.6. The van der Waals surface area contributed by atoms with E-state index in [1.165, 1.54) is 19.5 Å². The number of benzene rings is 1. The summed E-state index contributed by atoms with van der Waals surface area (Å²) in [6.45, 7) is 5.73. The number of methoxy groups -OCH3 is 1. The molecular weight excluding hydrogens is 558 g/mol. The highest BCUT2D eigenvalue weighted by Crippen LogP contribution is 2.29. The van der Waals surface area contributed by atoms with Crippen LogP contribution in [-0.4, -0.2) is 87.9 Å². The molecule has 43 heavy (non-hydrogen) atoms. The van der Waals surface area contributed by atoms with Gasteiger partial charge in [-0.15, -0.1) is 0 Å². The first kappa shape index (κ1) is 31.5. The summed E-state index contributed by atoms with van der Waals surface area (Å²) < 4.78 is 15.7. The number of nitrogens with one attached hydrogen (secondary N) is 4. The van der Waals surface area contributed by atoms with Crippen LogP contribution in [0.25, 0.3) is 0 Å². The maximum atomic E-state index is 13.6. The molecule has 4 N–H and O–H groups in total. The topological polar surface area (TPSA) is 194 Å². The van der Waals surface area contributed by atoms with E-state index in [4.69, 9.17) is 14.0 Å². The van der Waals surface area contributed by atoms with Crippen molar-refractivity contribution in [3.63, 3.8) is 0 Å². The van der Waals surface area contributed by atoms with Gasteiger partial charge in [0.05, 0.1) is 25.7 Å². The molecule has 2 aromatic heterocycles. The van der Waals surface area contributed by atoms with Crippen molar-refractivity contribution in [2.24, 2.45) is 5.92 Å². The fraction of sp³-hybridized carbons (Fsp3) is 0.483. The van der Waals surface area contributed by atoms with E-state index in [1.807, 2.05) is 44.2 Å². The predicted molar refractivity (Wildman–Crippen MR) is 152 cm³/mol. The maximum Gasteiger partial charge on any atom is 0.274 e. The Labute approximate surface area is 248 Å². The molecule has 4 rings (SSSR count). The number of Topliss-reactive ketones (excluding diaryl/α,β-unsaturated/α-hetero) is 1. The SMILES string of the molecule is COC[C@H](NC(=O)c1cc(Cc2ncn[nH]2)on1)C(=O)N[C@@H](Cc1ccccc1)C(=O)N[C@@H](CC(C)C)C(=O)[C@@]1(C)CO1. The van der Waals surface area contributed by atoms with Crippen molar-refractivity contribution in [3.8, 4) is 0 Å². The second-order valence-electron chi connectivity index (χ2n) is 11.1. The second kappa shape index (κ2) is 14.2. The van der Waals surface area contributed by atoms with Crippen LogP contribution in [0.3, 0.4) is 0 Å². The van der Waals surface area contributed by atoms with Crippen molar-refractivity contribution in [2.45, 2.75) is 63.8 Å². The molecule has 1 saturated heterocycles. The molecule has 1 aliphatic heterocycles. The minimum absolute atomic E-state index is 0.0483. The summed E-state index contributed by atoms with van der Waals surface area (Å²) in [6.07, 6.45) is 2.15. The van der Waals surface area contributed by atoms with Crippen LogP contribution in [-0.2, 0) is 36.7 Å². The average molecular weight is 596 g/mol. The van der Waals surface area contributed by atoms with Gasteiger partial charge in [0.1, 0.15) is 35.6 Å². The van der Waals surface area contributed by atoms with Gasteiger partial charge >= 0.3 is 0 Å². The van der Waals surface area contributed by atoms with Gasteiger partial charge in [0, 0.05) is 19.6 Å². The molecule has 1 fully saturated rings. The third-order valence-electron chi connectivity index (χ3n) is 6.91. The molecule has 0 radical (unpaired) electrons. The average Bonchev–Trinajstić information content (AvgIpc) is 3.33. The Morgan fingerprint density at radius 2 is 1.74 bits per heavy atom. The Hall–Kier alpha value is -4.43. The molecule has 14 heteroatoms. The Bertz CT molecular complexity index is 1390. The second-order valence-corrected chi connectivity index (χ2v) is 11.1. The summed E-state index contributed by atoms with van der Waals surface area (Å²) in [5.41, 5.74) is -0.177. The number of nitrogens with zero attached hydrogens (tertiary/aromatic N) is 3. The van der Waals surface area contributed by atoms with Gasteiger partial charge < -0.3 is 29.9 Å². The Morgan fingerprint density at radius 1 is 1.05 bits per heavy atom. The molecule has 3 heterocycles. The Balaban J connectivity index is 1.47. The van der Waals surface area contributed by atoms with Crippen LogP contribution in [0.5, 0.6) is 0 Å². The van der Waals surface area contributed by atoms with Gasteiger partial charge in [-0.1, -0.05) is 49.3 Å². The lowest BCUT2D eigenvalue weighted by Crippen LogP contribution is -2.58. The van der Waals surface area contributed by atoms with Crippen LogP contribution in [0.2, 0.25) is 0 Å². The number of hydrogen-bond donors (Lipinski definition) is 4. The molecule has 0 unspecified atom stereocenters. The molecule has 3 aromatic rings. The molecule has 230 valence electrons. The van der Waals surface area contributed by atoms with Crippen LogP contribution in [0.4, 0.5) is 0 Å². The van der Waals surface area contributed by atoms with Crippen LogP contribution in [0.1, 0.15) is 54.8 Å².